The van der Waals surface area contributed by atoms with Gasteiger partial charge >= 0.3 is 0 Å². The lowest BCUT2D eigenvalue weighted by molar-refractivity contribution is -0.130. The lowest BCUT2D eigenvalue weighted by Crippen LogP contribution is -2.26. The molecule has 2 aromatic carbocycles. The van der Waals surface area contributed by atoms with E-state index in [1.807, 2.05) is 0 Å². The Morgan fingerprint density at radius 2 is 1.78 bits per heavy atom. The molecule has 0 bridgehead atoms. The summed E-state index contributed by atoms with van der Waals surface area (Å²) in [6, 6.07) is 9.11. The van der Waals surface area contributed by atoms with Crippen LogP contribution in [0.4, 0.5) is 13.2 Å². The second kappa shape index (κ2) is 8.07. The highest BCUT2D eigenvalue weighted by molar-refractivity contribution is 5.76. The molecule has 0 saturated carbocycles. The maximum Gasteiger partial charge on any atom is 0.223 e. The Kier molecular flexibility index (Phi) is 5.59. The second-order valence-corrected chi connectivity index (χ2v) is 6.12. The summed E-state index contributed by atoms with van der Waals surface area (Å²) in [5.41, 5.74) is 0.923. The van der Waals surface area contributed by atoms with Gasteiger partial charge in [-0.05, 0) is 29.8 Å². The Morgan fingerprint density at radius 1 is 1.07 bits per heavy atom. The number of nitrogens with zero attached hydrogens (tertiary/aromatic N) is 2. The molecule has 27 heavy (non-hydrogen) atoms. The zero-order valence-electron chi connectivity index (χ0n) is 14.6. The van der Waals surface area contributed by atoms with Gasteiger partial charge in [0.05, 0.1) is 11.8 Å². The minimum atomic E-state index is -0.743. The van der Waals surface area contributed by atoms with Crippen molar-refractivity contribution in [2.45, 2.75) is 19.4 Å². The SMILES string of the molecule is CN(Cc1ccc(F)cc1)C(=O)CCc1ncc(-c2ccc(F)cc2F)o1. The Labute approximate surface area is 154 Å². The topological polar surface area (TPSA) is 46.3 Å². The number of aromatic nitrogens is 1. The van der Waals surface area contributed by atoms with Crippen molar-refractivity contribution in [1.82, 2.24) is 9.88 Å². The lowest BCUT2D eigenvalue weighted by Gasteiger charge is -2.16. The van der Waals surface area contributed by atoms with E-state index in [-0.39, 0.29) is 41.8 Å². The summed E-state index contributed by atoms with van der Waals surface area (Å²) in [4.78, 5) is 17.8. The van der Waals surface area contributed by atoms with Crippen LogP contribution in [0.1, 0.15) is 17.9 Å². The number of halogens is 3. The van der Waals surface area contributed by atoms with Gasteiger partial charge in [0.25, 0.3) is 0 Å². The van der Waals surface area contributed by atoms with Gasteiger partial charge < -0.3 is 9.32 Å². The Morgan fingerprint density at radius 3 is 2.48 bits per heavy atom. The van der Waals surface area contributed by atoms with E-state index in [0.717, 1.165) is 17.7 Å². The van der Waals surface area contributed by atoms with Gasteiger partial charge in [0.1, 0.15) is 17.5 Å². The summed E-state index contributed by atoms with van der Waals surface area (Å²) in [5.74, 6) is -1.41. The Bertz CT molecular complexity index is 939. The molecule has 0 aliphatic heterocycles. The lowest BCUT2D eigenvalue weighted by atomic mass is 10.2. The van der Waals surface area contributed by atoms with E-state index in [0.29, 0.717) is 6.54 Å². The molecule has 140 valence electrons. The monoisotopic (exact) mass is 374 g/mol. The number of carbonyl (C=O) groups excluding carboxylic acids is 1. The van der Waals surface area contributed by atoms with E-state index in [1.165, 1.54) is 29.3 Å². The smallest absolute Gasteiger partial charge is 0.223 e. The van der Waals surface area contributed by atoms with Crippen molar-refractivity contribution >= 4 is 5.91 Å². The summed E-state index contributed by atoms with van der Waals surface area (Å²) < 4.78 is 45.2. The highest BCUT2D eigenvalue weighted by Gasteiger charge is 2.14. The fourth-order valence-corrected chi connectivity index (χ4v) is 2.60. The van der Waals surface area contributed by atoms with Gasteiger partial charge in [-0.2, -0.15) is 0 Å². The Hall–Kier alpha value is -3.09. The predicted molar refractivity (Wildman–Crippen MR) is 93.1 cm³/mol. The molecule has 7 heteroatoms. The first kappa shape index (κ1) is 18.7. The molecule has 0 unspecified atom stereocenters. The summed E-state index contributed by atoms with van der Waals surface area (Å²) >= 11 is 0. The van der Waals surface area contributed by atoms with Crippen molar-refractivity contribution in [3.05, 3.63) is 77.6 Å². The van der Waals surface area contributed by atoms with Gasteiger partial charge in [-0.25, -0.2) is 18.2 Å². The van der Waals surface area contributed by atoms with E-state index in [2.05, 4.69) is 4.98 Å². The minimum absolute atomic E-state index is 0.106. The van der Waals surface area contributed by atoms with Crippen molar-refractivity contribution in [3.63, 3.8) is 0 Å². The van der Waals surface area contributed by atoms with E-state index in [9.17, 15) is 18.0 Å². The third-order valence-corrected chi connectivity index (χ3v) is 4.06. The standard InChI is InChI=1S/C20H17F3N2O2/c1-25(12-13-2-4-14(21)5-3-13)20(26)9-8-19-24-11-18(27-19)16-7-6-15(22)10-17(16)23/h2-7,10-11H,8-9,12H2,1H3. The first-order chi connectivity index (χ1) is 12.9. The largest absolute Gasteiger partial charge is 0.441 e. The number of benzene rings is 2. The van der Waals surface area contributed by atoms with Crippen LogP contribution < -0.4 is 0 Å². The molecule has 0 radical (unpaired) electrons. The highest BCUT2D eigenvalue weighted by Crippen LogP contribution is 2.24. The van der Waals surface area contributed by atoms with Crippen molar-refractivity contribution in [3.8, 4) is 11.3 Å². The first-order valence-electron chi connectivity index (χ1n) is 8.31. The first-order valence-corrected chi connectivity index (χ1v) is 8.31. The van der Waals surface area contributed by atoms with Gasteiger partial charge in [0, 0.05) is 32.5 Å². The van der Waals surface area contributed by atoms with Crippen LogP contribution in [0.5, 0.6) is 0 Å². The number of rotatable bonds is 6. The molecular weight excluding hydrogens is 357 g/mol. The highest BCUT2D eigenvalue weighted by atomic mass is 19.1. The summed E-state index contributed by atoms with van der Waals surface area (Å²) in [7, 11) is 1.65. The van der Waals surface area contributed by atoms with E-state index in [4.69, 9.17) is 4.42 Å². The molecule has 0 spiro atoms. The van der Waals surface area contributed by atoms with Crippen LogP contribution in [0.2, 0.25) is 0 Å². The molecule has 3 aromatic rings. The van der Waals surface area contributed by atoms with Crippen LogP contribution >= 0.6 is 0 Å². The molecule has 0 saturated heterocycles. The zero-order valence-corrected chi connectivity index (χ0v) is 14.6. The Balaban J connectivity index is 1.57. The number of aryl methyl sites for hydroxylation is 1. The van der Waals surface area contributed by atoms with Crippen LogP contribution in [0.25, 0.3) is 11.3 Å². The second-order valence-electron chi connectivity index (χ2n) is 6.12. The average Bonchev–Trinajstić information content (AvgIpc) is 3.10. The minimum Gasteiger partial charge on any atom is -0.441 e. The van der Waals surface area contributed by atoms with Crippen LogP contribution in [-0.2, 0) is 17.8 Å². The predicted octanol–water partition coefficient (Wildman–Crippen LogP) is 4.35. The molecule has 0 atom stereocenters. The number of hydrogen-bond donors (Lipinski definition) is 0. The summed E-state index contributed by atoms with van der Waals surface area (Å²) in [6.45, 7) is 0.358. The maximum atomic E-state index is 13.8. The molecule has 1 amide bonds. The summed E-state index contributed by atoms with van der Waals surface area (Å²) in [5, 5.41) is 0. The number of oxazole rings is 1. The van der Waals surface area contributed by atoms with Crippen LogP contribution in [0, 0.1) is 17.5 Å². The van der Waals surface area contributed by atoms with Gasteiger partial charge in [-0.1, -0.05) is 12.1 Å². The van der Waals surface area contributed by atoms with Crippen molar-refractivity contribution in [1.29, 1.82) is 0 Å². The van der Waals surface area contributed by atoms with Crippen molar-refractivity contribution in [2.75, 3.05) is 7.05 Å². The van der Waals surface area contributed by atoms with Gasteiger partial charge in [-0.3, -0.25) is 4.79 Å². The molecule has 0 fully saturated rings. The maximum absolute atomic E-state index is 13.8. The van der Waals surface area contributed by atoms with Crippen LogP contribution in [-0.4, -0.2) is 22.8 Å². The quantitative estimate of drug-likeness (QED) is 0.644. The molecule has 0 aliphatic carbocycles. The van der Waals surface area contributed by atoms with Crippen molar-refractivity contribution in [2.24, 2.45) is 0 Å². The summed E-state index contributed by atoms with van der Waals surface area (Å²) in [6.07, 6.45) is 1.75. The molecule has 1 heterocycles. The van der Waals surface area contributed by atoms with Crippen LogP contribution in [0.3, 0.4) is 0 Å². The fourth-order valence-electron chi connectivity index (χ4n) is 2.60. The molecule has 3 rings (SSSR count). The van der Waals surface area contributed by atoms with E-state index >= 15 is 0 Å². The third kappa shape index (κ3) is 4.75. The number of amides is 1. The molecule has 1 aromatic heterocycles. The van der Waals surface area contributed by atoms with E-state index in [1.54, 1.807) is 19.2 Å². The number of hydrogen-bond acceptors (Lipinski definition) is 3. The zero-order chi connectivity index (χ0) is 19.4. The molecule has 4 nitrogen and oxygen atoms in total. The van der Waals surface area contributed by atoms with Crippen molar-refractivity contribution < 1.29 is 22.4 Å². The van der Waals surface area contributed by atoms with E-state index < -0.39 is 11.6 Å². The molecule has 0 N–H and O–H groups in total. The molecular formula is C20H17F3N2O2. The number of carbonyl (C=O) groups is 1. The average molecular weight is 374 g/mol. The fraction of sp³-hybridized carbons (Fsp3) is 0.200. The van der Waals surface area contributed by atoms with Crippen LogP contribution in [0.15, 0.2) is 53.1 Å². The van der Waals surface area contributed by atoms with Gasteiger partial charge in [0.15, 0.2) is 11.7 Å². The normalized spacial score (nSPS) is 10.8. The molecule has 0 aliphatic rings. The third-order valence-electron chi connectivity index (χ3n) is 4.06. The van der Waals surface area contributed by atoms with Gasteiger partial charge in [0.2, 0.25) is 5.91 Å². The van der Waals surface area contributed by atoms with Gasteiger partial charge in [-0.15, -0.1) is 0 Å².